The van der Waals surface area contributed by atoms with E-state index in [1.807, 2.05) is 18.2 Å². The first kappa shape index (κ1) is 13.4. The molecule has 0 aromatic heterocycles. The molecule has 1 fully saturated rings. The van der Waals surface area contributed by atoms with E-state index in [-0.39, 0.29) is 0 Å². The van der Waals surface area contributed by atoms with Crippen molar-refractivity contribution in [3.05, 3.63) is 34.9 Å². The minimum absolute atomic E-state index is 0.583. The van der Waals surface area contributed by atoms with Crippen molar-refractivity contribution in [1.82, 2.24) is 10.2 Å². The Labute approximate surface area is 114 Å². The second-order valence-corrected chi connectivity index (χ2v) is 5.12. The Morgan fingerprint density at radius 3 is 3.11 bits per heavy atom. The van der Waals surface area contributed by atoms with E-state index in [1.54, 1.807) is 0 Å². The first-order valence-electron chi connectivity index (χ1n) is 6.40. The van der Waals surface area contributed by atoms with E-state index in [0.717, 1.165) is 37.6 Å². The zero-order valence-corrected chi connectivity index (χ0v) is 11.5. The average Bonchev–Trinajstić information content (AvgIpc) is 2.37. The van der Waals surface area contributed by atoms with Crippen molar-refractivity contribution in [1.29, 1.82) is 0 Å². The van der Waals surface area contributed by atoms with Crippen LogP contribution in [-0.2, 0) is 6.42 Å². The number of benzene rings is 1. The molecule has 0 bridgehead atoms. The standard InChI is InChI=1S/C15H19ClN2/c1-13-12-17-8-10-18(13)9-3-2-5-14-6-4-7-15(16)11-14/h4,6-7,11,13,17H,5,8-10,12H2,1H3. The number of piperazine rings is 1. The van der Waals surface area contributed by atoms with Gasteiger partial charge in [-0.3, -0.25) is 4.90 Å². The Kier molecular flexibility index (Phi) is 5.07. The highest BCUT2D eigenvalue weighted by molar-refractivity contribution is 6.30. The van der Waals surface area contributed by atoms with Gasteiger partial charge in [0.1, 0.15) is 0 Å². The third-order valence-corrected chi connectivity index (χ3v) is 3.46. The van der Waals surface area contributed by atoms with E-state index in [2.05, 4.69) is 35.0 Å². The molecule has 0 radical (unpaired) electrons. The van der Waals surface area contributed by atoms with Gasteiger partial charge in [-0.25, -0.2) is 0 Å². The fourth-order valence-corrected chi connectivity index (χ4v) is 2.30. The number of halogens is 1. The molecule has 1 atom stereocenters. The minimum atomic E-state index is 0.583. The van der Waals surface area contributed by atoms with Crippen LogP contribution in [0, 0.1) is 11.8 Å². The van der Waals surface area contributed by atoms with Crippen LogP contribution in [0.1, 0.15) is 12.5 Å². The highest BCUT2D eigenvalue weighted by Crippen LogP contribution is 2.10. The summed E-state index contributed by atoms with van der Waals surface area (Å²) in [6, 6.07) is 8.48. The van der Waals surface area contributed by atoms with Crippen LogP contribution in [0.25, 0.3) is 0 Å². The van der Waals surface area contributed by atoms with Crippen LogP contribution in [0.3, 0.4) is 0 Å². The Hall–Kier alpha value is -1.01. The molecular formula is C15H19ClN2. The molecule has 2 nitrogen and oxygen atoms in total. The molecule has 1 aromatic carbocycles. The van der Waals surface area contributed by atoms with E-state index in [1.165, 1.54) is 5.56 Å². The number of nitrogens with zero attached hydrogens (tertiary/aromatic N) is 1. The number of nitrogens with one attached hydrogen (secondary N) is 1. The van der Waals surface area contributed by atoms with Gasteiger partial charge < -0.3 is 5.32 Å². The minimum Gasteiger partial charge on any atom is -0.314 e. The van der Waals surface area contributed by atoms with Crippen molar-refractivity contribution in [3.8, 4) is 11.8 Å². The van der Waals surface area contributed by atoms with Crippen LogP contribution in [0.2, 0.25) is 5.02 Å². The molecule has 0 aliphatic carbocycles. The summed E-state index contributed by atoms with van der Waals surface area (Å²) in [5, 5.41) is 4.16. The van der Waals surface area contributed by atoms with E-state index in [0.29, 0.717) is 6.04 Å². The second kappa shape index (κ2) is 6.80. The van der Waals surface area contributed by atoms with Crippen molar-refractivity contribution < 1.29 is 0 Å². The summed E-state index contributed by atoms with van der Waals surface area (Å²) in [6.45, 7) is 6.33. The van der Waals surface area contributed by atoms with Gasteiger partial charge in [0.25, 0.3) is 0 Å². The summed E-state index contributed by atoms with van der Waals surface area (Å²) >= 11 is 5.94. The average molecular weight is 263 g/mol. The number of hydrogen-bond donors (Lipinski definition) is 1. The van der Waals surface area contributed by atoms with Gasteiger partial charge in [-0.05, 0) is 24.6 Å². The number of hydrogen-bond acceptors (Lipinski definition) is 2. The lowest BCUT2D eigenvalue weighted by Crippen LogP contribution is -2.49. The van der Waals surface area contributed by atoms with E-state index in [4.69, 9.17) is 11.6 Å². The number of rotatable bonds is 2. The monoisotopic (exact) mass is 262 g/mol. The Bertz CT molecular complexity index is 447. The van der Waals surface area contributed by atoms with Crippen LogP contribution >= 0.6 is 11.6 Å². The van der Waals surface area contributed by atoms with Crippen LogP contribution < -0.4 is 5.32 Å². The molecule has 1 unspecified atom stereocenters. The molecule has 18 heavy (non-hydrogen) atoms. The lowest BCUT2D eigenvalue weighted by molar-refractivity contribution is 0.196. The first-order valence-corrected chi connectivity index (χ1v) is 6.78. The highest BCUT2D eigenvalue weighted by Gasteiger charge is 2.15. The second-order valence-electron chi connectivity index (χ2n) is 4.68. The molecule has 96 valence electrons. The quantitative estimate of drug-likeness (QED) is 0.822. The van der Waals surface area contributed by atoms with Crippen molar-refractivity contribution in [3.63, 3.8) is 0 Å². The summed E-state index contributed by atoms with van der Waals surface area (Å²) in [7, 11) is 0. The molecule has 1 aromatic rings. The zero-order chi connectivity index (χ0) is 12.8. The first-order chi connectivity index (χ1) is 8.75. The fraction of sp³-hybridized carbons (Fsp3) is 0.467. The molecule has 3 heteroatoms. The Morgan fingerprint density at radius 1 is 1.44 bits per heavy atom. The molecule has 1 aliphatic heterocycles. The summed E-state index contributed by atoms with van der Waals surface area (Å²) in [6.07, 6.45) is 0.779. The third-order valence-electron chi connectivity index (χ3n) is 3.23. The lowest BCUT2D eigenvalue weighted by Gasteiger charge is -2.32. The predicted octanol–water partition coefficient (Wildman–Crippen LogP) is 2.18. The summed E-state index contributed by atoms with van der Waals surface area (Å²) in [5.41, 5.74) is 1.18. The highest BCUT2D eigenvalue weighted by atomic mass is 35.5. The molecule has 2 rings (SSSR count). The topological polar surface area (TPSA) is 15.3 Å². The van der Waals surface area contributed by atoms with Crippen molar-refractivity contribution in [2.24, 2.45) is 0 Å². The van der Waals surface area contributed by atoms with Crippen molar-refractivity contribution >= 4 is 11.6 Å². The van der Waals surface area contributed by atoms with Crippen molar-refractivity contribution in [2.45, 2.75) is 19.4 Å². The fourth-order valence-electron chi connectivity index (χ4n) is 2.09. The van der Waals surface area contributed by atoms with Gasteiger partial charge in [-0.15, -0.1) is 0 Å². The molecule has 1 heterocycles. The van der Waals surface area contributed by atoms with Gasteiger partial charge in [0.2, 0.25) is 0 Å². The maximum Gasteiger partial charge on any atom is 0.0604 e. The van der Waals surface area contributed by atoms with Gasteiger partial charge in [-0.1, -0.05) is 35.6 Å². The van der Waals surface area contributed by atoms with Gasteiger partial charge in [0.15, 0.2) is 0 Å². The molecular weight excluding hydrogens is 244 g/mol. The maximum absolute atomic E-state index is 5.94. The van der Waals surface area contributed by atoms with Crippen LogP contribution in [0.15, 0.2) is 24.3 Å². The third kappa shape index (κ3) is 4.03. The normalized spacial score (nSPS) is 20.2. The van der Waals surface area contributed by atoms with Crippen LogP contribution in [0.5, 0.6) is 0 Å². The summed E-state index contributed by atoms with van der Waals surface area (Å²) in [5.74, 6) is 6.48. The van der Waals surface area contributed by atoms with Gasteiger partial charge in [0.05, 0.1) is 6.54 Å². The largest absolute Gasteiger partial charge is 0.314 e. The van der Waals surface area contributed by atoms with Gasteiger partial charge in [0, 0.05) is 37.1 Å². The van der Waals surface area contributed by atoms with Gasteiger partial charge >= 0.3 is 0 Å². The van der Waals surface area contributed by atoms with Crippen molar-refractivity contribution in [2.75, 3.05) is 26.2 Å². The molecule has 0 saturated carbocycles. The smallest absolute Gasteiger partial charge is 0.0604 e. The summed E-state index contributed by atoms with van der Waals surface area (Å²) in [4.78, 5) is 2.42. The van der Waals surface area contributed by atoms with E-state index in [9.17, 15) is 0 Å². The van der Waals surface area contributed by atoms with Crippen LogP contribution in [0.4, 0.5) is 0 Å². The Morgan fingerprint density at radius 2 is 2.33 bits per heavy atom. The molecule has 1 aliphatic rings. The lowest BCUT2D eigenvalue weighted by atomic mass is 10.1. The molecule has 0 spiro atoms. The maximum atomic E-state index is 5.94. The predicted molar refractivity (Wildman–Crippen MR) is 76.8 cm³/mol. The van der Waals surface area contributed by atoms with Crippen LogP contribution in [-0.4, -0.2) is 37.1 Å². The molecule has 1 saturated heterocycles. The van der Waals surface area contributed by atoms with Gasteiger partial charge in [-0.2, -0.15) is 0 Å². The summed E-state index contributed by atoms with van der Waals surface area (Å²) < 4.78 is 0. The van der Waals surface area contributed by atoms with E-state index < -0.39 is 0 Å². The SMILES string of the molecule is CC1CNCCN1CC#CCc1cccc(Cl)c1. The molecule has 0 amide bonds. The molecule has 1 N–H and O–H groups in total. The zero-order valence-electron chi connectivity index (χ0n) is 10.7. The Balaban J connectivity index is 1.82. The van der Waals surface area contributed by atoms with E-state index >= 15 is 0 Å².